The van der Waals surface area contributed by atoms with E-state index in [0.717, 1.165) is 42.1 Å². The molecule has 3 aliphatic carbocycles. The van der Waals surface area contributed by atoms with E-state index in [0.29, 0.717) is 0 Å². The number of rotatable bonds is 17. The molecule has 0 aromatic carbocycles. The fourth-order valence-corrected chi connectivity index (χ4v) is 6.23. The van der Waals surface area contributed by atoms with Gasteiger partial charge in [-0.25, -0.2) is 0 Å². The molecule has 0 amide bonds. The maximum Gasteiger partial charge on any atom is -0.00173 e. The highest BCUT2D eigenvalue weighted by molar-refractivity contribution is 4.89. The molecule has 3 aliphatic rings. The highest BCUT2D eigenvalue weighted by Crippen LogP contribution is 2.45. The Morgan fingerprint density at radius 1 is 0.600 bits per heavy atom. The average molecular weight is 421 g/mol. The highest BCUT2D eigenvalue weighted by Gasteiger charge is 2.36. The van der Waals surface area contributed by atoms with Crippen LogP contribution in [-0.4, -0.2) is 52.4 Å². The summed E-state index contributed by atoms with van der Waals surface area (Å²) in [5, 5.41) is 14.6. The molecule has 4 N–H and O–H groups in total. The van der Waals surface area contributed by atoms with Crippen molar-refractivity contribution in [2.75, 3.05) is 52.4 Å². The molecular formula is C26H52N4. The van der Waals surface area contributed by atoms with Crippen molar-refractivity contribution in [3.63, 3.8) is 0 Å². The summed E-state index contributed by atoms with van der Waals surface area (Å²) in [5.74, 6) is 5.92. The molecular weight excluding hydrogens is 368 g/mol. The van der Waals surface area contributed by atoms with Crippen LogP contribution >= 0.6 is 0 Å². The van der Waals surface area contributed by atoms with Gasteiger partial charge in [-0.05, 0) is 146 Å². The number of unbranched alkanes of at least 4 members (excludes halogenated alkanes) is 2. The van der Waals surface area contributed by atoms with Crippen LogP contribution in [0.5, 0.6) is 0 Å². The van der Waals surface area contributed by atoms with E-state index < -0.39 is 0 Å². The van der Waals surface area contributed by atoms with Gasteiger partial charge in [0.1, 0.15) is 0 Å². The summed E-state index contributed by atoms with van der Waals surface area (Å²) in [6.07, 6.45) is 14.2. The fourth-order valence-electron chi connectivity index (χ4n) is 6.23. The smallest absolute Gasteiger partial charge is 0.00173 e. The number of hydrogen-bond donors (Lipinski definition) is 4. The Bertz CT molecular complexity index is 441. The van der Waals surface area contributed by atoms with Crippen molar-refractivity contribution in [3.05, 3.63) is 0 Å². The van der Waals surface area contributed by atoms with Crippen LogP contribution in [0.1, 0.15) is 78.1 Å². The van der Waals surface area contributed by atoms with Crippen LogP contribution in [0.25, 0.3) is 0 Å². The molecule has 0 heterocycles. The fraction of sp³-hybridized carbons (Fsp3) is 1.00. The zero-order chi connectivity index (χ0) is 21.0. The topological polar surface area (TPSA) is 48.1 Å². The van der Waals surface area contributed by atoms with Crippen molar-refractivity contribution >= 4 is 0 Å². The molecule has 30 heavy (non-hydrogen) atoms. The summed E-state index contributed by atoms with van der Waals surface area (Å²) in [6.45, 7) is 14.3. The standard InChI is InChI=1S/C26H52N4/c1-3-27-10-4-5-12-29-19-25-17-26(25)20-30-13-7-6-11-28-18-23-9-8-22-14-21(2)15-24(23)16-22/h21-30H,3-20H2,1-2H3/t21?,22?,23?,24?,25-,26-/m1/s1. The van der Waals surface area contributed by atoms with Gasteiger partial charge in [0.15, 0.2) is 0 Å². The van der Waals surface area contributed by atoms with Gasteiger partial charge in [0.25, 0.3) is 0 Å². The van der Waals surface area contributed by atoms with Crippen molar-refractivity contribution < 1.29 is 0 Å². The van der Waals surface area contributed by atoms with Crippen molar-refractivity contribution in [2.24, 2.45) is 35.5 Å². The predicted molar refractivity (Wildman–Crippen MR) is 130 cm³/mol. The lowest BCUT2D eigenvalue weighted by molar-refractivity contribution is 0.0887. The second kappa shape index (κ2) is 14.1. The Morgan fingerprint density at radius 3 is 1.77 bits per heavy atom. The molecule has 0 radical (unpaired) electrons. The summed E-state index contributed by atoms with van der Waals surface area (Å²) < 4.78 is 0. The minimum Gasteiger partial charge on any atom is -0.317 e. The van der Waals surface area contributed by atoms with Crippen LogP contribution in [0.2, 0.25) is 0 Å². The zero-order valence-electron chi connectivity index (χ0n) is 20.2. The van der Waals surface area contributed by atoms with E-state index in [9.17, 15) is 0 Å². The van der Waals surface area contributed by atoms with E-state index in [1.807, 2.05) is 0 Å². The lowest BCUT2D eigenvalue weighted by atomic mass is 9.64. The third-order valence-corrected chi connectivity index (χ3v) is 8.14. The maximum absolute atomic E-state index is 3.80. The SMILES string of the molecule is CCNCCCCNC[C@H]1C[C@@H]1CNCCCCNCC1CCC2CC(C)CC1C2. The summed E-state index contributed by atoms with van der Waals surface area (Å²) in [5.41, 5.74) is 0. The van der Waals surface area contributed by atoms with Crippen LogP contribution in [0.4, 0.5) is 0 Å². The van der Waals surface area contributed by atoms with Crippen molar-refractivity contribution in [1.29, 1.82) is 0 Å². The van der Waals surface area contributed by atoms with Crippen LogP contribution in [0, 0.1) is 35.5 Å². The molecule has 0 aromatic heterocycles. The minimum absolute atomic E-state index is 0.936. The molecule has 2 bridgehead atoms. The van der Waals surface area contributed by atoms with Gasteiger partial charge in [0.2, 0.25) is 0 Å². The predicted octanol–water partition coefficient (Wildman–Crippen LogP) is 4.02. The molecule has 0 aromatic rings. The van der Waals surface area contributed by atoms with Gasteiger partial charge in [-0.3, -0.25) is 0 Å². The zero-order valence-corrected chi connectivity index (χ0v) is 20.2. The minimum atomic E-state index is 0.936. The van der Waals surface area contributed by atoms with E-state index >= 15 is 0 Å². The Labute approximate surface area is 187 Å². The Morgan fingerprint density at radius 2 is 1.17 bits per heavy atom. The molecule has 0 aliphatic heterocycles. The quantitative estimate of drug-likeness (QED) is 0.268. The van der Waals surface area contributed by atoms with Crippen molar-refractivity contribution in [2.45, 2.75) is 78.1 Å². The van der Waals surface area contributed by atoms with Crippen molar-refractivity contribution in [3.8, 4) is 0 Å². The molecule has 4 heteroatoms. The molecule has 4 unspecified atom stereocenters. The first kappa shape index (κ1) is 24.5. The van der Waals surface area contributed by atoms with Crippen LogP contribution in [0.3, 0.4) is 0 Å². The summed E-state index contributed by atoms with van der Waals surface area (Å²) in [4.78, 5) is 0. The van der Waals surface area contributed by atoms with Crippen molar-refractivity contribution in [1.82, 2.24) is 21.3 Å². The molecule has 0 spiro atoms. The van der Waals surface area contributed by atoms with E-state index in [4.69, 9.17) is 0 Å². The third-order valence-electron chi connectivity index (χ3n) is 8.14. The maximum atomic E-state index is 3.80. The second-order valence-corrected chi connectivity index (χ2v) is 10.9. The molecule has 6 atom stereocenters. The number of nitrogens with one attached hydrogen (secondary N) is 4. The van der Waals surface area contributed by atoms with E-state index in [-0.39, 0.29) is 0 Å². The molecule has 3 fully saturated rings. The Balaban J connectivity index is 1.07. The first-order chi connectivity index (χ1) is 14.8. The normalized spacial score (nSPS) is 33.0. The summed E-state index contributed by atoms with van der Waals surface area (Å²) in [7, 11) is 0. The van der Waals surface area contributed by atoms with Gasteiger partial charge < -0.3 is 21.3 Å². The Hall–Kier alpha value is -0.160. The Kier molecular flexibility index (Phi) is 11.5. The largest absolute Gasteiger partial charge is 0.317 e. The van der Waals surface area contributed by atoms with Gasteiger partial charge in [-0.1, -0.05) is 20.3 Å². The molecule has 4 nitrogen and oxygen atoms in total. The second-order valence-electron chi connectivity index (χ2n) is 10.9. The monoisotopic (exact) mass is 420 g/mol. The molecule has 0 saturated heterocycles. The summed E-state index contributed by atoms with van der Waals surface area (Å²) in [6, 6.07) is 0. The lowest BCUT2D eigenvalue weighted by Crippen LogP contribution is -2.37. The van der Waals surface area contributed by atoms with Gasteiger partial charge >= 0.3 is 0 Å². The number of fused-ring (bicyclic) bond motifs is 2. The van der Waals surface area contributed by atoms with E-state index in [1.54, 1.807) is 0 Å². The number of hydrogen-bond acceptors (Lipinski definition) is 4. The molecule has 3 saturated carbocycles. The van der Waals surface area contributed by atoms with Crippen LogP contribution < -0.4 is 21.3 Å². The summed E-state index contributed by atoms with van der Waals surface area (Å²) >= 11 is 0. The first-order valence-corrected chi connectivity index (χ1v) is 13.6. The van der Waals surface area contributed by atoms with Gasteiger partial charge in [0, 0.05) is 0 Å². The van der Waals surface area contributed by atoms with Crippen LogP contribution in [-0.2, 0) is 0 Å². The van der Waals surface area contributed by atoms with E-state index in [2.05, 4.69) is 35.1 Å². The van der Waals surface area contributed by atoms with E-state index in [1.165, 1.54) is 110 Å². The van der Waals surface area contributed by atoms with Gasteiger partial charge in [-0.2, -0.15) is 0 Å². The average Bonchev–Trinajstić information content (AvgIpc) is 3.48. The van der Waals surface area contributed by atoms with Gasteiger partial charge in [-0.15, -0.1) is 0 Å². The molecule has 3 rings (SSSR count). The molecule has 176 valence electrons. The first-order valence-electron chi connectivity index (χ1n) is 13.6. The van der Waals surface area contributed by atoms with Gasteiger partial charge in [0.05, 0.1) is 0 Å². The lowest BCUT2D eigenvalue weighted by Gasteiger charge is -2.43. The van der Waals surface area contributed by atoms with Crippen LogP contribution in [0.15, 0.2) is 0 Å². The third kappa shape index (κ3) is 9.14. The highest BCUT2D eigenvalue weighted by atomic mass is 14.9.